The zero-order chi connectivity index (χ0) is 13.4. The number of hydrogen-bond acceptors (Lipinski definition) is 2. The SMILES string of the molecule is Cc1ccccc1.O=C(c1ccccc1)C(S)Cl. The van der Waals surface area contributed by atoms with Gasteiger partial charge in [0.25, 0.3) is 0 Å². The standard InChI is InChI=1S/C8H7ClOS.C7H8/c9-8(11)7(10)6-4-2-1-3-5-6;1-7-5-3-2-4-6-7/h1-5,8,11H;2-6H,1H3. The van der Waals surface area contributed by atoms with Crippen LogP contribution in [0.25, 0.3) is 0 Å². The van der Waals surface area contributed by atoms with E-state index in [0.29, 0.717) is 5.56 Å². The summed E-state index contributed by atoms with van der Waals surface area (Å²) in [5, 5.41) is 0. The molecular formula is C15H15ClOS. The van der Waals surface area contributed by atoms with E-state index in [1.54, 1.807) is 24.3 Å². The van der Waals surface area contributed by atoms with Crippen LogP contribution in [0.2, 0.25) is 0 Å². The van der Waals surface area contributed by atoms with E-state index in [1.807, 2.05) is 24.3 Å². The second-order valence-corrected chi connectivity index (χ2v) is 4.98. The Bertz CT molecular complexity index is 468. The highest BCUT2D eigenvalue weighted by Crippen LogP contribution is 2.10. The monoisotopic (exact) mass is 278 g/mol. The Morgan fingerprint density at radius 3 is 1.78 bits per heavy atom. The van der Waals surface area contributed by atoms with Gasteiger partial charge in [0.1, 0.15) is 4.71 Å². The van der Waals surface area contributed by atoms with E-state index in [-0.39, 0.29) is 5.78 Å². The Kier molecular flexibility index (Phi) is 6.55. The topological polar surface area (TPSA) is 17.1 Å². The summed E-state index contributed by atoms with van der Waals surface area (Å²) in [5.41, 5.74) is 1.92. The molecule has 18 heavy (non-hydrogen) atoms. The molecule has 0 radical (unpaired) electrons. The van der Waals surface area contributed by atoms with E-state index in [2.05, 4.69) is 31.7 Å². The molecule has 0 spiro atoms. The van der Waals surface area contributed by atoms with Crippen LogP contribution in [0.1, 0.15) is 15.9 Å². The molecule has 0 aromatic heterocycles. The highest BCUT2D eigenvalue weighted by Gasteiger charge is 2.11. The first kappa shape index (κ1) is 14.8. The number of thiol groups is 1. The molecule has 0 aliphatic heterocycles. The predicted octanol–water partition coefficient (Wildman–Crippen LogP) is 4.36. The Hall–Kier alpha value is -1.25. The molecule has 94 valence electrons. The second-order valence-electron chi connectivity index (χ2n) is 3.72. The van der Waals surface area contributed by atoms with E-state index >= 15 is 0 Å². The summed E-state index contributed by atoms with van der Waals surface area (Å²) >= 11 is 9.30. The van der Waals surface area contributed by atoms with Gasteiger partial charge in [0.2, 0.25) is 0 Å². The van der Waals surface area contributed by atoms with Crippen LogP contribution in [0.3, 0.4) is 0 Å². The number of carbonyl (C=O) groups is 1. The number of halogens is 1. The third-order valence-corrected chi connectivity index (χ3v) is 2.65. The van der Waals surface area contributed by atoms with E-state index in [0.717, 1.165) is 0 Å². The highest BCUT2D eigenvalue weighted by molar-refractivity contribution is 7.83. The predicted molar refractivity (Wildman–Crippen MR) is 80.6 cm³/mol. The molecule has 0 saturated heterocycles. The van der Waals surface area contributed by atoms with Crippen LogP contribution < -0.4 is 0 Å². The van der Waals surface area contributed by atoms with Crippen LogP contribution in [0.5, 0.6) is 0 Å². The lowest BCUT2D eigenvalue weighted by atomic mass is 10.1. The molecule has 0 amide bonds. The number of carbonyl (C=O) groups excluding carboxylic acids is 1. The highest BCUT2D eigenvalue weighted by atomic mass is 35.5. The van der Waals surface area contributed by atoms with Gasteiger partial charge < -0.3 is 0 Å². The van der Waals surface area contributed by atoms with Gasteiger partial charge in [-0.05, 0) is 6.92 Å². The van der Waals surface area contributed by atoms with Gasteiger partial charge in [-0.3, -0.25) is 4.79 Å². The first-order valence-electron chi connectivity index (χ1n) is 5.54. The average Bonchev–Trinajstić information content (AvgIpc) is 2.40. The molecule has 3 heteroatoms. The van der Waals surface area contributed by atoms with Gasteiger partial charge in [0, 0.05) is 5.56 Å². The molecule has 1 nitrogen and oxygen atoms in total. The van der Waals surface area contributed by atoms with Crippen molar-refractivity contribution < 1.29 is 4.79 Å². The fourth-order valence-corrected chi connectivity index (χ4v) is 1.55. The summed E-state index contributed by atoms with van der Waals surface area (Å²) in [4.78, 5) is 11.1. The van der Waals surface area contributed by atoms with Crippen LogP contribution in [0.15, 0.2) is 60.7 Å². The van der Waals surface area contributed by atoms with Crippen LogP contribution in [0.4, 0.5) is 0 Å². The number of Topliss-reactive ketones (excluding diaryl/α,β-unsaturated/α-hetero) is 1. The molecule has 0 aliphatic carbocycles. The molecule has 0 fully saturated rings. The Labute approximate surface area is 118 Å². The van der Waals surface area contributed by atoms with Crippen molar-refractivity contribution in [1.29, 1.82) is 0 Å². The quantitative estimate of drug-likeness (QED) is 0.491. The third-order valence-electron chi connectivity index (χ3n) is 2.22. The summed E-state index contributed by atoms with van der Waals surface area (Å²) in [5.74, 6) is -0.157. The first-order chi connectivity index (χ1) is 8.61. The summed E-state index contributed by atoms with van der Waals surface area (Å²) in [6, 6.07) is 19.1. The number of alkyl halides is 1. The molecular weight excluding hydrogens is 264 g/mol. The van der Waals surface area contributed by atoms with E-state index in [9.17, 15) is 4.79 Å². The third kappa shape index (κ3) is 5.39. The van der Waals surface area contributed by atoms with Crippen LogP contribution in [0, 0.1) is 6.92 Å². The lowest BCUT2D eigenvalue weighted by Crippen LogP contribution is -2.07. The largest absolute Gasteiger partial charge is 0.292 e. The normalized spacial score (nSPS) is 11.1. The summed E-state index contributed by atoms with van der Waals surface area (Å²) in [7, 11) is 0. The molecule has 2 aromatic rings. The van der Waals surface area contributed by atoms with Crippen molar-refractivity contribution in [3.05, 3.63) is 71.8 Å². The Balaban J connectivity index is 0.000000199. The van der Waals surface area contributed by atoms with Crippen LogP contribution in [-0.4, -0.2) is 10.5 Å². The molecule has 1 unspecified atom stereocenters. The van der Waals surface area contributed by atoms with Crippen molar-refractivity contribution >= 4 is 30.0 Å². The Morgan fingerprint density at radius 2 is 1.44 bits per heavy atom. The van der Waals surface area contributed by atoms with Gasteiger partial charge >= 0.3 is 0 Å². The minimum absolute atomic E-state index is 0.157. The number of hydrogen-bond donors (Lipinski definition) is 1. The van der Waals surface area contributed by atoms with Gasteiger partial charge in [-0.2, -0.15) is 12.6 Å². The molecule has 2 aromatic carbocycles. The molecule has 0 N–H and O–H groups in total. The molecule has 1 atom stereocenters. The maximum absolute atomic E-state index is 11.1. The van der Waals surface area contributed by atoms with E-state index in [4.69, 9.17) is 11.6 Å². The summed E-state index contributed by atoms with van der Waals surface area (Å²) in [6.45, 7) is 2.08. The van der Waals surface area contributed by atoms with Crippen LogP contribution in [-0.2, 0) is 0 Å². The fourth-order valence-electron chi connectivity index (χ4n) is 1.27. The molecule has 0 saturated carbocycles. The number of benzene rings is 2. The molecule has 2 rings (SSSR count). The van der Waals surface area contributed by atoms with Crippen molar-refractivity contribution in [2.75, 3.05) is 0 Å². The molecule has 0 bridgehead atoms. The van der Waals surface area contributed by atoms with Crippen LogP contribution >= 0.6 is 24.2 Å². The van der Waals surface area contributed by atoms with Crippen molar-refractivity contribution in [3.8, 4) is 0 Å². The zero-order valence-corrected chi connectivity index (χ0v) is 11.7. The van der Waals surface area contributed by atoms with Crippen molar-refractivity contribution in [3.63, 3.8) is 0 Å². The first-order valence-corrected chi connectivity index (χ1v) is 6.49. The molecule has 0 aliphatic rings. The fraction of sp³-hybridized carbons (Fsp3) is 0.133. The van der Waals surface area contributed by atoms with E-state index in [1.165, 1.54) is 5.56 Å². The Morgan fingerprint density at radius 1 is 1.00 bits per heavy atom. The summed E-state index contributed by atoms with van der Waals surface area (Å²) < 4.78 is -0.739. The van der Waals surface area contributed by atoms with E-state index < -0.39 is 4.71 Å². The van der Waals surface area contributed by atoms with Gasteiger partial charge in [0.15, 0.2) is 5.78 Å². The van der Waals surface area contributed by atoms with Crippen molar-refractivity contribution in [2.45, 2.75) is 11.6 Å². The van der Waals surface area contributed by atoms with Gasteiger partial charge in [0.05, 0.1) is 0 Å². The number of rotatable bonds is 2. The zero-order valence-electron chi connectivity index (χ0n) is 10.1. The number of aryl methyl sites for hydroxylation is 1. The second kappa shape index (κ2) is 7.96. The minimum atomic E-state index is -0.739. The minimum Gasteiger partial charge on any atom is -0.292 e. The smallest absolute Gasteiger partial charge is 0.190 e. The lowest BCUT2D eigenvalue weighted by molar-refractivity contribution is 0.101. The van der Waals surface area contributed by atoms with Gasteiger partial charge in [-0.1, -0.05) is 66.2 Å². The van der Waals surface area contributed by atoms with Crippen molar-refractivity contribution in [2.24, 2.45) is 0 Å². The van der Waals surface area contributed by atoms with Gasteiger partial charge in [-0.25, -0.2) is 0 Å². The number of ketones is 1. The average molecular weight is 279 g/mol. The maximum atomic E-state index is 11.1. The van der Waals surface area contributed by atoms with Gasteiger partial charge in [-0.15, -0.1) is 11.6 Å². The summed E-state index contributed by atoms with van der Waals surface area (Å²) in [6.07, 6.45) is 0. The molecule has 0 heterocycles. The lowest BCUT2D eigenvalue weighted by Gasteiger charge is -1.99. The maximum Gasteiger partial charge on any atom is 0.190 e. The van der Waals surface area contributed by atoms with Crippen molar-refractivity contribution in [1.82, 2.24) is 0 Å².